The summed E-state index contributed by atoms with van der Waals surface area (Å²) in [5.74, 6) is -0.134. The van der Waals surface area contributed by atoms with E-state index in [1.165, 1.54) is 7.11 Å². The maximum atomic E-state index is 11.7. The smallest absolute Gasteiger partial charge is 0.266 e. The molecule has 158 valence electrons. The molecule has 0 bridgehead atoms. The van der Waals surface area contributed by atoms with E-state index in [0.717, 1.165) is 17.7 Å². The molecule has 11 heteroatoms. The Morgan fingerprint density at radius 2 is 2.07 bits per heavy atom. The molecule has 2 unspecified atom stereocenters. The number of hydrogen-bond donors (Lipinski definition) is 4. The SMILES string of the molecule is CCCCN(C(=N)N1C(=N)C(Cl)N=C(C(N)=O)C1N)c1ccc(OC)cc1OC. The molecule has 1 aliphatic heterocycles. The molecule has 0 saturated heterocycles. The molecule has 0 fully saturated rings. The summed E-state index contributed by atoms with van der Waals surface area (Å²) in [5, 5.41) is 17.1. The summed E-state index contributed by atoms with van der Waals surface area (Å²) in [6.45, 7) is 2.47. The van der Waals surface area contributed by atoms with Crippen molar-refractivity contribution in [3.8, 4) is 11.5 Å². The number of rotatable bonds is 7. The monoisotopic (exact) mass is 423 g/mol. The van der Waals surface area contributed by atoms with Gasteiger partial charge in [-0.2, -0.15) is 0 Å². The molecule has 6 N–H and O–H groups in total. The van der Waals surface area contributed by atoms with Crippen molar-refractivity contribution in [2.75, 3.05) is 25.7 Å². The second kappa shape index (κ2) is 9.57. The zero-order valence-electron chi connectivity index (χ0n) is 16.6. The first-order valence-corrected chi connectivity index (χ1v) is 9.43. The van der Waals surface area contributed by atoms with Gasteiger partial charge in [0.2, 0.25) is 5.96 Å². The number of hydrogen-bond acceptors (Lipinski definition) is 7. The summed E-state index contributed by atoms with van der Waals surface area (Å²) in [7, 11) is 3.06. The Kier molecular flexibility index (Phi) is 7.40. The molecule has 1 aromatic rings. The number of benzene rings is 1. The fourth-order valence-corrected chi connectivity index (χ4v) is 3.11. The average Bonchev–Trinajstić information content (AvgIpc) is 2.70. The van der Waals surface area contributed by atoms with E-state index >= 15 is 0 Å². The maximum Gasteiger partial charge on any atom is 0.266 e. The standard InChI is InChI=1S/C18H26ClN7O3/c1-4-5-8-25(11-7-6-10(28-2)9-12(11)29-3)18(23)26-15(20)13(17(22)27)24-14(19)16(26)21/h6-7,9,14-15,21,23H,4-5,8,20H2,1-3H3,(H2,22,27). The largest absolute Gasteiger partial charge is 0.497 e. The number of amides is 1. The van der Waals surface area contributed by atoms with E-state index < -0.39 is 17.6 Å². The number of carbonyl (C=O) groups is 1. The van der Waals surface area contributed by atoms with Crippen LogP contribution in [0.4, 0.5) is 5.69 Å². The minimum Gasteiger partial charge on any atom is -0.497 e. The van der Waals surface area contributed by atoms with Crippen LogP contribution < -0.4 is 25.8 Å². The molecular weight excluding hydrogens is 398 g/mol. The summed E-state index contributed by atoms with van der Waals surface area (Å²) in [6.07, 6.45) is 0.434. The number of guanidine groups is 1. The highest BCUT2D eigenvalue weighted by Crippen LogP contribution is 2.33. The van der Waals surface area contributed by atoms with Gasteiger partial charge in [-0.3, -0.25) is 25.5 Å². The Hall–Kier alpha value is -2.85. The van der Waals surface area contributed by atoms with Crippen LogP contribution in [0, 0.1) is 10.8 Å². The number of ether oxygens (including phenoxy) is 2. The minimum absolute atomic E-state index is 0.140. The third kappa shape index (κ3) is 4.60. The molecule has 1 aromatic carbocycles. The topological polar surface area (TPSA) is 154 Å². The molecule has 29 heavy (non-hydrogen) atoms. The Labute approximate surface area is 174 Å². The maximum absolute atomic E-state index is 11.7. The predicted molar refractivity (Wildman–Crippen MR) is 113 cm³/mol. The third-order valence-electron chi connectivity index (χ3n) is 4.45. The van der Waals surface area contributed by atoms with Crippen molar-refractivity contribution in [2.24, 2.45) is 16.5 Å². The number of amidine groups is 1. The zero-order valence-corrected chi connectivity index (χ0v) is 17.4. The van der Waals surface area contributed by atoms with Crippen molar-refractivity contribution >= 4 is 40.7 Å². The first-order valence-electron chi connectivity index (χ1n) is 8.99. The van der Waals surface area contributed by atoms with Crippen LogP contribution in [-0.4, -0.2) is 60.7 Å². The zero-order chi connectivity index (χ0) is 21.7. The van der Waals surface area contributed by atoms with E-state index in [0.29, 0.717) is 23.7 Å². The lowest BCUT2D eigenvalue weighted by Crippen LogP contribution is -2.64. The number of nitrogens with two attached hydrogens (primary N) is 2. The fraction of sp³-hybridized carbons (Fsp3) is 0.444. The van der Waals surface area contributed by atoms with Gasteiger partial charge in [-0.05, 0) is 18.6 Å². The Morgan fingerprint density at radius 1 is 1.38 bits per heavy atom. The van der Waals surface area contributed by atoms with Crippen LogP contribution in [0.3, 0.4) is 0 Å². The van der Waals surface area contributed by atoms with E-state index in [1.54, 1.807) is 30.2 Å². The van der Waals surface area contributed by atoms with Gasteiger partial charge < -0.3 is 25.8 Å². The highest BCUT2D eigenvalue weighted by Gasteiger charge is 2.39. The number of aliphatic imine (C=N–C) groups is 1. The van der Waals surface area contributed by atoms with Crippen LogP contribution in [0.15, 0.2) is 23.2 Å². The van der Waals surface area contributed by atoms with Crippen LogP contribution in [0.1, 0.15) is 19.8 Å². The van der Waals surface area contributed by atoms with Gasteiger partial charge in [0.15, 0.2) is 5.50 Å². The van der Waals surface area contributed by atoms with Gasteiger partial charge in [0.05, 0.1) is 19.9 Å². The number of primary amides is 1. The minimum atomic E-state index is -1.20. The van der Waals surface area contributed by atoms with Crippen molar-refractivity contribution in [3.05, 3.63) is 18.2 Å². The third-order valence-corrected chi connectivity index (χ3v) is 4.75. The second-order valence-electron chi connectivity index (χ2n) is 6.28. The lowest BCUT2D eigenvalue weighted by molar-refractivity contribution is -0.112. The number of anilines is 1. The number of alkyl halides is 1. The van der Waals surface area contributed by atoms with Gasteiger partial charge in [0, 0.05) is 12.6 Å². The van der Waals surface area contributed by atoms with Crippen LogP contribution in [0.5, 0.6) is 11.5 Å². The molecule has 2 rings (SSSR count). The molecule has 0 aromatic heterocycles. The van der Waals surface area contributed by atoms with E-state index in [-0.39, 0.29) is 17.5 Å². The number of carbonyl (C=O) groups excluding carboxylic acids is 1. The molecular formula is C18H26ClN7O3. The molecule has 1 heterocycles. The summed E-state index contributed by atoms with van der Waals surface area (Å²) in [5.41, 5.74) is 10.7. The van der Waals surface area contributed by atoms with Crippen molar-refractivity contribution in [1.29, 1.82) is 10.8 Å². The molecule has 0 spiro atoms. The molecule has 2 atom stereocenters. The van der Waals surface area contributed by atoms with Gasteiger partial charge in [-0.25, -0.2) is 0 Å². The Balaban J connectivity index is 2.50. The molecule has 10 nitrogen and oxygen atoms in total. The van der Waals surface area contributed by atoms with Crippen molar-refractivity contribution in [3.63, 3.8) is 0 Å². The van der Waals surface area contributed by atoms with Crippen LogP contribution in [0.2, 0.25) is 0 Å². The molecule has 1 aliphatic rings. The van der Waals surface area contributed by atoms with E-state index in [1.807, 2.05) is 6.92 Å². The van der Waals surface area contributed by atoms with Gasteiger partial charge >= 0.3 is 0 Å². The van der Waals surface area contributed by atoms with Crippen LogP contribution >= 0.6 is 11.6 Å². The lowest BCUT2D eigenvalue weighted by Gasteiger charge is -2.40. The van der Waals surface area contributed by atoms with Gasteiger partial charge in [-0.1, -0.05) is 24.9 Å². The Bertz CT molecular complexity index is 830. The van der Waals surface area contributed by atoms with Gasteiger partial charge in [-0.15, -0.1) is 0 Å². The Morgan fingerprint density at radius 3 is 2.62 bits per heavy atom. The van der Waals surface area contributed by atoms with Gasteiger partial charge in [0.25, 0.3) is 5.91 Å². The van der Waals surface area contributed by atoms with Crippen molar-refractivity contribution < 1.29 is 14.3 Å². The van der Waals surface area contributed by atoms with Crippen LogP contribution in [0.25, 0.3) is 0 Å². The summed E-state index contributed by atoms with van der Waals surface area (Å²) in [6, 6.07) is 5.19. The summed E-state index contributed by atoms with van der Waals surface area (Å²) in [4.78, 5) is 18.4. The quantitative estimate of drug-likeness (QED) is 0.224. The first-order chi connectivity index (χ1) is 13.8. The lowest BCUT2D eigenvalue weighted by atomic mass is 10.2. The van der Waals surface area contributed by atoms with Crippen LogP contribution in [-0.2, 0) is 4.79 Å². The average molecular weight is 424 g/mol. The molecule has 0 saturated carbocycles. The number of halogens is 1. The van der Waals surface area contributed by atoms with E-state index in [9.17, 15) is 4.79 Å². The summed E-state index contributed by atoms with van der Waals surface area (Å²) < 4.78 is 10.7. The van der Waals surface area contributed by atoms with Gasteiger partial charge in [0.1, 0.15) is 29.2 Å². The first kappa shape index (κ1) is 22.4. The van der Waals surface area contributed by atoms with E-state index in [2.05, 4.69) is 4.99 Å². The fourth-order valence-electron chi connectivity index (χ4n) is 2.90. The highest BCUT2D eigenvalue weighted by molar-refractivity contribution is 6.45. The van der Waals surface area contributed by atoms with Crippen molar-refractivity contribution in [2.45, 2.75) is 31.4 Å². The molecule has 1 amide bonds. The number of unbranched alkanes of at least 4 members (excludes halogenated alkanes) is 1. The number of nitrogens with zero attached hydrogens (tertiary/aromatic N) is 3. The molecule has 0 radical (unpaired) electrons. The molecule has 0 aliphatic carbocycles. The van der Waals surface area contributed by atoms with E-state index in [4.69, 9.17) is 43.4 Å². The van der Waals surface area contributed by atoms with Crippen molar-refractivity contribution in [1.82, 2.24) is 4.90 Å². The normalized spacial score (nSPS) is 18.9. The number of methoxy groups -OCH3 is 2. The predicted octanol–water partition coefficient (Wildman–Crippen LogP) is 1.31. The summed E-state index contributed by atoms with van der Waals surface area (Å²) >= 11 is 6.09. The highest BCUT2D eigenvalue weighted by atomic mass is 35.5. The second-order valence-corrected chi connectivity index (χ2v) is 6.69. The number of nitrogens with one attached hydrogen (secondary N) is 2.